The van der Waals surface area contributed by atoms with Crippen molar-refractivity contribution >= 4 is 21.6 Å². The molecule has 0 saturated heterocycles. The Morgan fingerprint density at radius 3 is 1.86 bits per heavy atom. The average molecular weight is 337 g/mol. The van der Waals surface area contributed by atoms with E-state index in [0.717, 1.165) is 0 Å². The van der Waals surface area contributed by atoms with Crippen molar-refractivity contribution in [2.24, 2.45) is 5.92 Å². The zero-order valence-electron chi connectivity index (χ0n) is 14.9. The first-order valence-corrected chi connectivity index (χ1v) is 11.1. The molecule has 0 N–H and O–H groups in total. The first kappa shape index (κ1) is 21.6. The van der Waals surface area contributed by atoms with Crippen LogP contribution in [0, 0.1) is 5.92 Å². The molecule has 0 fully saturated rings. The lowest BCUT2D eigenvalue weighted by atomic mass is 9.92. The third-order valence-electron chi connectivity index (χ3n) is 3.71. The number of alkyl halides is 1. The van der Waals surface area contributed by atoms with Gasteiger partial charge >= 0.3 is 0 Å². The van der Waals surface area contributed by atoms with E-state index in [1.807, 2.05) is 10.8 Å². The van der Waals surface area contributed by atoms with Gasteiger partial charge in [-0.2, -0.15) is 0 Å². The maximum absolute atomic E-state index is 13.5. The van der Waals surface area contributed by atoms with Gasteiger partial charge in [0.1, 0.15) is 6.67 Å². The number of halogens is 1. The Bertz CT molecular complexity index is 226. The largest absolute Gasteiger partial charge is 0.250 e. The van der Waals surface area contributed by atoms with Gasteiger partial charge in [-0.25, -0.2) is 4.39 Å². The number of hydrogen-bond acceptors (Lipinski definition) is 2. The van der Waals surface area contributed by atoms with Gasteiger partial charge in [0, 0.05) is 10.00 Å². The van der Waals surface area contributed by atoms with Gasteiger partial charge in [-0.05, 0) is 18.8 Å². The van der Waals surface area contributed by atoms with Crippen molar-refractivity contribution in [3.63, 3.8) is 0 Å². The SMILES string of the molecule is CCCCCCC(CCCCC)[C@H](CF)SSC(C)(C)C. The van der Waals surface area contributed by atoms with Gasteiger partial charge in [-0.3, -0.25) is 0 Å². The zero-order valence-corrected chi connectivity index (χ0v) is 16.6. The summed E-state index contributed by atoms with van der Waals surface area (Å²) >= 11 is 0. The summed E-state index contributed by atoms with van der Waals surface area (Å²) in [5.74, 6) is 0.568. The van der Waals surface area contributed by atoms with Crippen molar-refractivity contribution in [3.8, 4) is 0 Å². The molecular formula is C18H37FS2. The predicted octanol–water partition coefficient (Wildman–Crippen LogP) is 7.67. The molecule has 0 aromatic rings. The van der Waals surface area contributed by atoms with Gasteiger partial charge in [0.05, 0.1) is 0 Å². The van der Waals surface area contributed by atoms with Crippen LogP contribution in [0.15, 0.2) is 0 Å². The first-order valence-electron chi connectivity index (χ1n) is 8.85. The lowest BCUT2D eigenvalue weighted by molar-refractivity contribution is 0.346. The predicted molar refractivity (Wildman–Crippen MR) is 101 cm³/mol. The molecule has 0 aliphatic carbocycles. The minimum Gasteiger partial charge on any atom is -0.250 e. The highest BCUT2D eigenvalue weighted by atomic mass is 33.1. The van der Waals surface area contributed by atoms with Gasteiger partial charge in [-0.1, -0.05) is 101 Å². The fourth-order valence-electron chi connectivity index (χ4n) is 2.44. The van der Waals surface area contributed by atoms with Crippen LogP contribution in [0.25, 0.3) is 0 Å². The Kier molecular flexibility index (Phi) is 13.5. The zero-order chi connectivity index (χ0) is 16.1. The van der Waals surface area contributed by atoms with Gasteiger partial charge in [-0.15, -0.1) is 0 Å². The molecule has 2 atom stereocenters. The molecule has 0 bridgehead atoms. The van der Waals surface area contributed by atoms with Gasteiger partial charge in [0.25, 0.3) is 0 Å². The van der Waals surface area contributed by atoms with E-state index in [2.05, 4.69) is 34.6 Å². The monoisotopic (exact) mass is 336 g/mol. The Labute approximate surface area is 141 Å². The molecule has 3 heteroatoms. The van der Waals surface area contributed by atoms with Crippen molar-refractivity contribution in [1.29, 1.82) is 0 Å². The molecule has 0 spiro atoms. The molecule has 0 amide bonds. The molecule has 0 rings (SSSR count). The summed E-state index contributed by atoms with van der Waals surface area (Å²) in [6, 6.07) is 0. The maximum atomic E-state index is 13.5. The molecule has 128 valence electrons. The maximum Gasteiger partial charge on any atom is 0.102 e. The third kappa shape index (κ3) is 12.8. The van der Waals surface area contributed by atoms with Crippen LogP contribution >= 0.6 is 21.6 Å². The fourth-order valence-corrected chi connectivity index (χ4v) is 5.20. The first-order chi connectivity index (χ1) is 9.94. The normalized spacial score (nSPS) is 15.1. The summed E-state index contributed by atoms with van der Waals surface area (Å²) in [5, 5.41) is 0.188. The average Bonchev–Trinajstić information content (AvgIpc) is 2.42. The van der Waals surface area contributed by atoms with Crippen LogP contribution in [0.4, 0.5) is 4.39 Å². The molecule has 21 heavy (non-hydrogen) atoms. The van der Waals surface area contributed by atoms with Crippen molar-refractivity contribution in [3.05, 3.63) is 0 Å². The molecule has 0 saturated carbocycles. The van der Waals surface area contributed by atoms with E-state index in [1.165, 1.54) is 57.8 Å². The van der Waals surface area contributed by atoms with E-state index in [9.17, 15) is 4.39 Å². The summed E-state index contributed by atoms with van der Waals surface area (Å²) in [4.78, 5) is 0. The highest BCUT2D eigenvalue weighted by Gasteiger charge is 2.24. The molecule has 0 aliphatic rings. The standard InChI is InChI=1S/C18H37FS2/c1-6-8-10-12-14-16(13-11-9-7-2)17(15-19)20-21-18(3,4)5/h16-17H,6-15H2,1-5H3/t16?,17-/m0/s1. The second kappa shape index (κ2) is 13.1. The van der Waals surface area contributed by atoms with Gasteiger partial charge < -0.3 is 0 Å². The van der Waals surface area contributed by atoms with Crippen LogP contribution in [0.1, 0.15) is 92.4 Å². The molecule has 0 aromatic carbocycles. The Balaban J connectivity index is 4.33. The Morgan fingerprint density at radius 2 is 1.38 bits per heavy atom. The summed E-state index contributed by atoms with van der Waals surface area (Å²) in [6.45, 7) is 11.0. The molecule has 0 radical (unpaired) electrons. The minimum atomic E-state index is -0.168. The molecule has 0 aromatic heterocycles. The number of hydrogen-bond donors (Lipinski definition) is 0. The molecule has 0 heterocycles. The highest BCUT2D eigenvalue weighted by molar-refractivity contribution is 8.77. The van der Waals surface area contributed by atoms with Gasteiger partial charge in [0.2, 0.25) is 0 Å². The van der Waals surface area contributed by atoms with E-state index in [-0.39, 0.29) is 16.7 Å². The Morgan fingerprint density at radius 1 is 0.857 bits per heavy atom. The summed E-state index contributed by atoms with van der Waals surface area (Å²) in [6.07, 6.45) is 11.5. The number of unbranched alkanes of at least 4 members (excludes halogenated alkanes) is 5. The van der Waals surface area contributed by atoms with E-state index in [4.69, 9.17) is 0 Å². The topological polar surface area (TPSA) is 0 Å². The smallest absolute Gasteiger partial charge is 0.102 e. The minimum absolute atomic E-state index is 0.168. The molecule has 1 unspecified atom stereocenters. The number of rotatable bonds is 13. The summed E-state index contributed by atoms with van der Waals surface area (Å²) in [5.41, 5.74) is 0. The van der Waals surface area contributed by atoms with Crippen LogP contribution in [0.3, 0.4) is 0 Å². The lowest BCUT2D eigenvalue weighted by Crippen LogP contribution is -2.20. The van der Waals surface area contributed by atoms with Gasteiger partial charge in [0.15, 0.2) is 0 Å². The van der Waals surface area contributed by atoms with Crippen molar-refractivity contribution in [2.75, 3.05) is 6.67 Å². The summed E-state index contributed by atoms with van der Waals surface area (Å²) in [7, 11) is 3.65. The molecular weight excluding hydrogens is 299 g/mol. The van der Waals surface area contributed by atoms with Crippen molar-refractivity contribution in [1.82, 2.24) is 0 Å². The van der Waals surface area contributed by atoms with Crippen LogP contribution in [-0.4, -0.2) is 16.7 Å². The van der Waals surface area contributed by atoms with Crippen molar-refractivity contribution < 1.29 is 4.39 Å². The Hall–Kier alpha value is 0.630. The fraction of sp³-hybridized carbons (Fsp3) is 1.00. The quantitative estimate of drug-likeness (QED) is 0.250. The van der Waals surface area contributed by atoms with Crippen LogP contribution < -0.4 is 0 Å². The molecule has 0 aliphatic heterocycles. The van der Waals surface area contributed by atoms with E-state index < -0.39 is 0 Å². The lowest BCUT2D eigenvalue weighted by Gasteiger charge is -2.27. The van der Waals surface area contributed by atoms with Crippen LogP contribution in [0.2, 0.25) is 0 Å². The van der Waals surface area contributed by atoms with E-state index in [0.29, 0.717) is 5.92 Å². The van der Waals surface area contributed by atoms with E-state index >= 15 is 0 Å². The second-order valence-electron chi connectivity index (χ2n) is 7.09. The third-order valence-corrected chi connectivity index (χ3v) is 7.59. The van der Waals surface area contributed by atoms with Crippen molar-refractivity contribution in [2.45, 2.75) is 102 Å². The van der Waals surface area contributed by atoms with E-state index in [1.54, 1.807) is 10.8 Å². The van der Waals surface area contributed by atoms with Crippen LogP contribution in [0.5, 0.6) is 0 Å². The molecule has 0 nitrogen and oxygen atoms in total. The second-order valence-corrected chi connectivity index (χ2v) is 10.4. The highest BCUT2D eigenvalue weighted by Crippen LogP contribution is 2.42. The van der Waals surface area contributed by atoms with Crippen LogP contribution in [-0.2, 0) is 0 Å². The summed E-state index contributed by atoms with van der Waals surface area (Å²) < 4.78 is 13.7.